The van der Waals surface area contributed by atoms with Crippen LogP contribution in [0.2, 0.25) is 18.1 Å². The molecule has 0 bridgehead atoms. The number of hydrogen-bond donors (Lipinski definition) is 1. The van der Waals surface area contributed by atoms with Crippen molar-refractivity contribution in [2.45, 2.75) is 70.9 Å². The van der Waals surface area contributed by atoms with Crippen LogP contribution in [0, 0.1) is 12.8 Å². The molecule has 3 heterocycles. The van der Waals surface area contributed by atoms with Gasteiger partial charge in [0.05, 0.1) is 23.2 Å². The Morgan fingerprint density at radius 2 is 1.94 bits per heavy atom. The SMILES string of the molecule is C=CCC(O[Si](C)(C)C(C)(C)C)c1cc(C)c(-c2cnc3cc(NC(=O)[C@H]4C[C@H]4F)ncc3c2)cn1. The van der Waals surface area contributed by atoms with Crippen molar-refractivity contribution in [1.82, 2.24) is 15.0 Å². The normalized spacial score (nSPS) is 18.6. The van der Waals surface area contributed by atoms with Gasteiger partial charge in [0.2, 0.25) is 5.91 Å². The molecule has 4 rings (SSSR count). The topological polar surface area (TPSA) is 77.0 Å². The number of pyridine rings is 3. The molecule has 0 saturated heterocycles. The van der Waals surface area contributed by atoms with E-state index in [2.05, 4.69) is 68.7 Å². The first-order valence-corrected chi connectivity index (χ1v) is 15.3. The predicted molar refractivity (Wildman–Crippen MR) is 145 cm³/mol. The van der Waals surface area contributed by atoms with Crippen LogP contribution in [0.3, 0.4) is 0 Å². The zero-order valence-electron chi connectivity index (χ0n) is 21.9. The van der Waals surface area contributed by atoms with Crippen LogP contribution in [0.15, 0.2) is 49.4 Å². The third kappa shape index (κ3) is 5.55. The molecule has 36 heavy (non-hydrogen) atoms. The highest BCUT2D eigenvalue weighted by Crippen LogP contribution is 2.41. The highest BCUT2D eigenvalue weighted by atomic mass is 28.4. The second kappa shape index (κ2) is 9.82. The minimum absolute atomic E-state index is 0.0997. The van der Waals surface area contributed by atoms with Crippen molar-refractivity contribution in [2.24, 2.45) is 5.92 Å². The molecule has 1 aliphatic rings. The maximum atomic E-state index is 13.1. The number of anilines is 1. The number of carbonyl (C=O) groups excluding carboxylic acids is 1. The first-order chi connectivity index (χ1) is 16.9. The maximum Gasteiger partial charge on any atom is 0.231 e. The van der Waals surface area contributed by atoms with E-state index in [1.807, 2.05) is 18.3 Å². The molecule has 1 fully saturated rings. The van der Waals surface area contributed by atoms with Crippen molar-refractivity contribution in [3.05, 3.63) is 60.7 Å². The summed E-state index contributed by atoms with van der Waals surface area (Å²) in [5.74, 6) is -0.515. The minimum atomic E-state index is -1.98. The number of nitrogens with zero attached hydrogens (tertiary/aromatic N) is 3. The van der Waals surface area contributed by atoms with E-state index in [1.165, 1.54) is 0 Å². The number of carbonyl (C=O) groups is 1. The van der Waals surface area contributed by atoms with Gasteiger partial charge in [-0.3, -0.25) is 14.8 Å². The molecular formula is C28H35FN4O2Si. The van der Waals surface area contributed by atoms with Crippen LogP contribution in [0.25, 0.3) is 22.0 Å². The van der Waals surface area contributed by atoms with Gasteiger partial charge in [-0.25, -0.2) is 9.37 Å². The number of aryl methyl sites for hydroxylation is 1. The molecule has 1 saturated carbocycles. The zero-order chi connectivity index (χ0) is 26.3. The largest absolute Gasteiger partial charge is 0.408 e. The van der Waals surface area contributed by atoms with Crippen LogP contribution in [-0.2, 0) is 9.22 Å². The molecular weight excluding hydrogens is 471 g/mol. The van der Waals surface area contributed by atoms with E-state index >= 15 is 0 Å². The van der Waals surface area contributed by atoms with Gasteiger partial charge in [-0.15, -0.1) is 6.58 Å². The number of fused-ring (bicyclic) bond motifs is 1. The Kier molecular flexibility index (Phi) is 7.12. The molecule has 1 aliphatic carbocycles. The van der Waals surface area contributed by atoms with Gasteiger partial charge in [-0.1, -0.05) is 26.8 Å². The Morgan fingerprint density at radius 1 is 1.22 bits per heavy atom. The summed E-state index contributed by atoms with van der Waals surface area (Å²) >= 11 is 0. The highest BCUT2D eigenvalue weighted by molar-refractivity contribution is 6.74. The first-order valence-electron chi connectivity index (χ1n) is 12.4. The number of hydrogen-bond acceptors (Lipinski definition) is 5. The summed E-state index contributed by atoms with van der Waals surface area (Å²) in [5.41, 5.74) is 4.60. The van der Waals surface area contributed by atoms with Crippen LogP contribution in [-0.4, -0.2) is 35.3 Å². The summed E-state index contributed by atoms with van der Waals surface area (Å²) in [6.07, 6.45) is 7.04. The molecule has 1 N–H and O–H groups in total. The highest BCUT2D eigenvalue weighted by Gasteiger charge is 2.43. The van der Waals surface area contributed by atoms with Gasteiger partial charge >= 0.3 is 0 Å². The summed E-state index contributed by atoms with van der Waals surface area (Å²) in [5, 5.41) is 3.62. The van der Waals surface area contributed by atoms with Gasteiger partial charge in [0.25, 0.3) is 0 Å². The Bertz CT molecular complexity index is 1300. The van der Waals surface area contributed by atoms with Gasteiger partial charge in [0, 0.05) is 41.2 Å². The molecule has 3 aromatic rings. The number of alkyl halides is 1. The molecule has 0 spiro atoms. The van der Waals surface area contributed by atoms with Crippen molar-refractivity contribution < 1.29 is 13.6 Å². The molecule has 0 radical (unpaired) electrons. The quantitative estimate of drug-likeness (QED) is 0.265. The molecule has 190 valence electrons. The second-order valence-corrected chi connectivity index (χ2v) is 15.9. The average molecular weight is 507 g/mol. The molecule has 3 aromatic heterocycles. The molecule has 8 heteroatoms. The lowest BCUT2D eigenvalue weighted by Crippen LogP contribution is -2.41. The lowest BCUT2D eigenvalue weighted by atomic mass is 10.0. The van der Waals surface area contributed by atoms with Crippen molar-refractivity contribution >= 4 is 30.9 Å². The van der Waals surface area contributed by atoms with Crippen LogP contribution in [0.5, 0.6) is 0 Å². The first kappa shape index (κ1) is 26.1. The Morgan fingerprint density at radius 3 is 2.56 bits per heavy atom. The van der Waals surface area contributed by atoms with Gasteiger partial charge in [-0.2, -0.15) is 0 Å². The standard InChI is InChI=1S/C28H35FN4O2Si/c1-8-9-25(35-36(6,7)28(3,4)5)24-10-17(2)21(16-31-24)18-11-19-15-32-26(13-23(19)30-14-18)33-27(34)20-12-22(20)29/h8,10-11,13-16,20,22,25H,1,9,12H2,2-7H3,(H,32,33,34)/t20-,22+,25?/m0/s1. The molecule has 6 nitrogen and oxygen atoms in total. The van der Waals surface area contributed by atoms with E-state index in [4.69, 9.17) is 9.41 Å². The molecule has 1 amide bonds. The van der Waals surface area contributed by atoms with Crippen LogP contribution >= 0.6 is 0 Å². The fourth-order valence-electron chi connectivity index (χ4n) is 3.86. The van der Waals surface area contributed by atoms with Gasteiger partial charge < -0.3 is 9.74 Å². The van der Waals surface area contributed by atoms with Crippen molar-refractivity contribution in [3.63, 3.8) is 0 Å². The van der Waals surface area contributed by atoms with E-state index in [9.17, 15) is 9.18 Å². The van der Waals surface area contributed by atoms with E-state index < -0.39 is 20.4 Å². The number of amides is 1. The van der Waals surface area contributed by atoms with Crippen molar-refractivity contribution in [1.29, 1.82) is 0 Å². The Hall–Kier alpha value is -2.97. The van der Waals surface area contributed by atoms with Gasteiger partial charge in [-0.05, 0) is 55.6 Å². The van der Waals surface area contributed by atoms with E-state index in [0.717, 1.165) is 27.8 Å². The number of nitrogens with one attached hydrogen (secondary N) is 1. The molecule has 0 aliphatic heterocycles. The predicted octanol–water partition coefficient (Wildman–Crippen LogP) is 6.94. The molecule has 0 aromatic carbocycles. The van der Waals surface area contributed by atoms with Crippen molar-refractivity contribution in [2.75, 3.05) is 5.32 Å². The van der Waals surface area contributed by atoms with Crippen LogP contribution in [0.1, 0.15) is 51.0 Å². The van der Waals surface area contributed by atoms with E-state index in [-0.39, 0.29) is 23.5 Å². The lowest BCUT2D eigenvalue weighted by Gasteiger charge is -2.39. The molecule has 3 atom stereocenters. The fourth-order valence-corrected chi connectivity index (χ4v) is 5.14. The summed E-state index contributed by atoms with van der Waals surface area (Å²) in [7, 11) is -1.98. The third-order valence-electron chi connectivity index (χ3n) is 7.26. The van der Waals surface area contributed by atoms with E-state index in [0.29, 0.717) is 17.8 Å². The fraction of sp³-hybridized carbons (Fsp3) is 0.429. The maximum absolute atomic E-state index is 13.1. The second-order valence-electron chi connectivity index (χ2n) is 11.1. The lowest BCUT2D eigenvalue weighted by molar-refractivity contribution is -0.117. The summed E-state index contributed by atoms with van der Waals surface area (Å²) in [4.78, 5) is 25.7. The summed E-state index contributed by atoms with van der Waals surface area (Å²) in [6, 6.07) is 5.81. The van der Waals surface area contributed by atoms with Gasteiger partial charge in [0.1, 0.15) is 12.0 Å². The van der Waals surface area contributed by atoms with Crippen molar-refractivity contribution in [3.8, 4) is 11.1 Å². The van der Waals surface area contributed by atoms with E-state index in [1.54, 1.807) is 18.5 Å². The number of aromatic nitrogens is 3. The molecule has 1 unspecified atom stereocenters. The number of halogens is 1. The summed E-state index contributed by atoms with van der Waals surface area (Å²) in [6.45, 7) is 17.2. The smallest absolute Gasteiger partial charge is 0.231 e. The Labute approximate surface area is 213 Å². The van der Waals surface area contributed by atoms with Gasteiger partial charge in [0.15, 0.2) is 8.32 Å². The average Bonchev–Trinajstić information content (AvgIpc) is 3.54. The van der Waals surface area contributed by atoms with Crippen LogP contribution < -0.4 is 5.32 Å². The van der Waals surface area contributed by atoms with Crippen LogP contribution in [0.4, 0.5) is 10.2 Å². The number of rotatable bonds is 8. The monoisotopic (exact) mass is 506 g/mol. The summed E-state index contributed by atoms with van der Waals surface area (Å²) < 4.78 is 19.8. The minimum Gasteiger partial charge on any atom is -0.408 e. The zero-order valence-corrected chi connectivity index (χ0v) is 22.9. The Balaban J connectivity index is 1.57. The third-order valence-corrected chi connectivity index (χ3v) is 11.7.